The Morgan fingerprint density at radius 2 is 2.10 bits per heavy atom. The Balaban J connectivity index is 1.97. The van der Waals surface area contributed by atoms with E-state index in [1.54, 1.807) is 12.1 Å². The molecular formula is C17H27FN2O. The van der Waals surface area contributed by atoms with Crippen molar-refractivity contribution in [1.82, 2.24) is 4.90 Å². The van der Waals surface area contributed by atoms with Crippen LogP contribution < -0.4 is 5.73 Å². The van der Waals surface area contributed by atoms with E-state index < -0.39 is 0 Å². The van der Waals surface area contributed by atoms with E-state index in [4.69, 9.17) is 10.8 Å². The molecule has 1 aromatic carbocycles. The second-order valence-electron chi connectivity index (χ2n) is 6.18. The molecule has 0 amide bonds. The fraction of sp³-hybridized carbons (Fsp3) is 0.647. The highest BCUT2D eigenvalue weighted by atomic mass is 19.1. The number of aliphatic hydroxyl groups is 1. The molecule has 0 spiro atoms. The van der Waals surface area contributed by atoms with Crippen LogP contribution in [0, 0.1) is 11.7 Å². The Hall–Kier alpha value is -0.970. The maximum absolute atomic E-state index is 13.8. The van der Waals surface area contributed by atoms with Crippen LogP contribution in [-0.2, 0) is 0 Å². The standard InChI is InChI=1S/C17H27FN2O/c1-13(17(19)15-8-2-3-9-16(15)18)12-20(10-5-11-21)14-6-4-7-14/h2-3,8-9,13-14,17,21H,4-7,10-12,19H2,1H3. The lowest BCUT2D eigenvalue weighted by molar-refractivity contribution is 0.0958. The quantitative estimate of drug-likeness (QED) is 0.775. The van der Waals surface area contributed by atoms with Crippen LogP contribution in [0.25, 0.3) is 0 Å². The molecule has 4 heteroatoms. The summed E-state index contributed by atoms with van der Waals surface area (Å²) in [7, 11) is 0. The van der Waals surface area contributed by atoms with Gasteiger partial charge >= 0.3 is 0 Å². The molecule has 118 valence electrons. The molecule has 0 heterocycles. The summed E-state index contributed by atoms with van der Waals surface area (Å²) < 4.78 is 13.8. The number of hydrogen-bond acceptors (Lipinski definition) is 3. The van der Waals surface area contributed by atoms with Crippen molar-refractivity contribution in [2.45, 2.75) is 44.7 Å². The molecular weight excluding hydrogens is 267 g/mol. The number of rotatable bonds is 8. The predicted octanol–water partition coefficient (Wildman–Crippen LogP) is 2.70. The maximum Gasteiger partial charge on any atom is 0.127 e. The van der Waals surface area contributed by atoms with Crippen LogP contribution in [0.15, 0.2) is 24.3 Å². The Morgan fingerprint density at radius 3 is 2.67 bits per heavy atom. The number of halogens is 1. The van der Waals surface area contributed by atoms with Gasteiger partial charge in [-0.15, -0.1) is 0 Å². The van der Waals surface area contributed by atoms with E-state index in [1.165, 1.54) is 25.3 Å². The summed E-state index contributed by atoms with van der Waals surface area (Å²) in [6.45, 7) is 4.06. The van der Waals surface area contributed by atoms with Gasteiger partial charge in [-0.25, -0.2) is 4.39 Å². The maximum atomic E-state index is 13.8. The molecule has 0 aromatic heterocycles. The Morgan fingerprint density at radius 1 is 1.38 bits per heavy atom. The van der Waals surface area contributed by atoms with Gasteiger partial charge in [0.2, 0.25) is 0 Å². The molecule has 3 N–H and O–H groups in total. The lowest BCUT2D eigenvalue weighted by Crippen LogP contribution is -2.44. The van der Waals surface area contributed by atoms with Gasteiger partial charge in [-0.2, -0.15) is 0 Å². The first-order valence-corrected chi connectivity index (χ1v) is 7.98. The van der Waals surface area contributed by atoms with Gasteiger partial charge in [-0.05, 0) is 31.2 Å². The molecule has 0 bridgehead atoms. The van der Waals surface area contributed by atoms with Gasteiger partial charge in [-0.3, -0.25) is 4.90 Å². The largest absolute Gasteiger partial charge is 0.396 e. The zero-order valence-corrected chi connectivity index (χ0v) is 12.8. The predicted molar refractivity (Wildman–Crippen MR) is 83.4 cm³/mol. The van der Waals surface area contributed by atoms with Gasteiger partial charge < -0.3 is 10.8 Å². The van der Waals surface area contributed by atoms with Crippen molar-refractivity contribution in [2.75, 3.05) is 19.7 Å². The molecule has 0 radical (unpaired) electrons. The minimum atomic E-state index is -0.289. The van der Waals surface area contributed by atoms with E-state index in [1.807, 2.05) is 6.07 Å². The van der Waals surface area contributed by atoms with Crippen LogP contribution in [0.1, 0.15) is 44.2 Å². The highest BCUT2D eigenvalue weighted by Crippen LogP contribution is 2.28. The fourth-order valence-corrected chi connectivity index (χ4v) is 2.98. The zero-order valence-electron chi connectivity index (χ0n) is 12.8. The van der Waals surface area contributed by atoms with E-state index in [-0.39, 0.29) is 24.4 Å². The van der Waals surface area contributed by atoms with E-state index in [0.29, 0.717) is 11.6 Å². The highest BCUT2D eigenvalue weighted by molar-refractivity contribution is 5.21. The van der Waals surface area contributed by atoms with Gasteiger partial charge in [0.15, 0.2) is 0 Å². The normalized spacial score (nSPS) is 18.5. The third-order valence-electron chi connectivity index (χ3n) is 4.59. The fourth-order valence-electron chi connectivity index (χ4n) is 2.98. The number of nitrogens with zero attached hydrogens (tertiary/aromatic N) is 1. The van der Waals surface area contributed by atoms with E-state index in [2.05, 4.69) is 11.8 Å². The Bertz CT molecular complexity index is 437. The average Bonchev–Trinajstić information content (AvgIpc) is 2.42. The van der Waals surface area contributed by atoms with Crippen LogP contribution in [0.5, 0.6) is 0 Å². The van der Waals surface area contributed by atoms with Crippen molar-refractivity contribution in [3.63, 3.8) is 0 Å². The smallest absolute Gasteiger partial charge is 0.127 e. The van der Waals surface area contributed by atoms with E-state index >= 15 is 0 Å². The molecule has 1 saturated carbocycles. The second kappa shape index (κ2) is 7.87. The van der Waals surface area contributed by atoms with Crippen molar-refractivity contribution < 1.29 is 9.50 Å². The highest BCUT2D eigenvalue weighted by Gasteiger charge is 2.28. The van der Waals surface area contributed by atoms with Crippen LogP contribution in [0.2, 0.25) is 0 Å². The van der Waals surface area contributed by atoms with E-state index in [0.717, 1.165) is 19.5 Å². The number of benzene rings is 1. The number of hydrogen-bond donors (Lipinski definition) is 2. The zero-order chi connectivity index (χ0) is 15.2. The third-order valence-corrected chi connectivity index (χ3v) is 4.59. The number of nitrogens with two attached hydrogens (primary N) is 1. The molecule has 1 fully saturated rings. The first-order valence-electron chi connectivity index (χ1n) is 7.98. The summed E-state index contributed by atoms with van der Waals surface area (Å²) >= 11 is 0. The number of aliphatic hydroxyl groups excluding tert-OH is 1. The molecule has 1 aromatic rings. The molecule has 21 heavy (non-hydrogen) atoms. The lowest BCUT2D eigenvalue weighted by atomic mass is 9.88. The first-order chi connectivity index (χ1) is 10.1. The molecule has 2 atom stereocenters. The summed E-state index contributed by atoms with van der Waals surface area (Å²) in [6.07, 6.45) is 4.53. The molecule has 1 aliphatic rings. The van der Waals surface area contributed by atoms with Gasteiger partial charge in [0.1, 0.15) is 5.82 Å². The van der Waals surface area contributed by atoms with Gasteiger partial charge in [-0.1, -0.05) is 31.5 Å². The topological polar surface area (TPSA) is 49.5 Å². The lowest BCUT2D eigenvalue weighted by Gasteiger charge is -2.40. The molecule has 2 unspecified atom stereocenters. The van der Waals surface area contributed by atoms with Crippen molar-refractivity contribution in [3.05, 3.63) is 35.6 Å². The van der Waals surface area contributed by atoms with Crippen LogP contribution in [-0.4, -0.2) is 35.7 Å². The second-order valence-corrected chi connectivity index (χ2v) is 6.18. The van der Waals surface area contributed by atoms with E-state index in [9.17, 15) is 4.39 Å². The molecule has 2 rings (SSSR count). The first kappa shape index (κ1) is 16.4. The van der Waals surface area contributed by atoms with Crippen LogP contribution in [0.4, 0.5) is 4.39 Å². The summed E-state index contributed by atoms with van der Waals surface area (Å²) in [4.78, 5) is 2.42. The summed E-state index contributed by atoms with van der Waals surface area (Å²) in [5.41, 5.74) is 6.86. The molecule has 3 nitrogen and oxygen atoms in total. The van der Waals surface area contributed by atoms with Gasteiger partial charge in [0, 0.05) is 37.3 Å². The summed E-state index contributed by atoms with van der Waals surface area (Å²) in [5.74, 6) is -0.0383. The molecule has 0 aliphatic heterocycles. The van der Waals surface area contributed by atoms with Crippen LogP contribution in [0.3, 0.4) is 0 Å². The average molecular weight is 294 g/mol. The van der Waals surface area contributed by atoms with Crippen molar-refractivity contribution in [2.24, 2.45) is 11.7 Å². The Kier molecular flexibility index (Phi) is 6.15. The van der Waals surface area contributed by atoms with Crippen LogP contribution >= 0.6 is 0 Å². The van der Waals surface area contributed by atoms with Gasteiger partial charge in [0.05, 0.1) is 0 Å². The minimum absolute atomic E-state index is 0.182. The van der Waals surface area contributed by atoms with Crippen molar-refractivity contribution in [3.8, 4) is 0 Å². The van der Waals surface area contributed by atoms with Crippen molar-refractivity contribution in [1.29, 1.82) is 0 Å². The third kappa shape index (κ3) is 4.25. The summed E-state index contributed by atoms with van der Waals surface area (Å²) in [5, 5.41) is 9.04. The minimum Gasteiger partial charge on any atom is -0.396 e. The molecule has 0 saturated heterocycles. The molecule has 1 aliphatic carbocycles. The van der Waals surface area contributed by atoms with Gasteiger partial charge in [0.25, 0.3) is 0 Å². The SMILES string of the molecule is CC(CN(CCCO)C1CCC1)C(N)c1ccccc1F. The monoisotopic (exact) mass is 294 g/mol. The summed E-state index contributed by atoms with van der Waals surface area (Å²) in [6, 6.07) is 7.10. The Labute approximate surface area is 126 Å². The van der Waals surface area contributed by atoms with Crippen molar-refractivity contribution >= 4 is 0 Å².